The van der Waals surface area contributed by atoms with Crippen LogP contribution >= 0.6 is 0 Å². The summed E-state index contributed by atoms with van der Waals surface area (Å²) >= 11 is 0. The Bertz CT molecular complexity index is 231. The molecule has 0 spiro atoms. The summed E-state index contributed by atoms with van der Waals surface area (Å²) in [4.78, 5) is 4.64. The van der Waals surface area contributed by atoms with Crippen LogP contribution in [-0.2, 0) is 4.74 Å². The van der Waals surface area contributed by atoms with Gasteiger partial charge >= 0.3 is 0 Å². The molecule has 1 rings (SSSR count). The summed E-state index contributed by atoms with van der Waals surface area (Å²) in [6, 6.07) is 0. The van der Waals surface area contributed by atoms with Crippen LogP contribution in [0.25, 0.3) is 0 Å². The molecular weight excluding hydrogens is 186 g/mol. The molecule has 0 amide bonds. The van der Waals surface area contributed by atoms with Crippen molar-refractivity contribution in [2.24, 2.45) is 10.9 Å². The predicted octanol–water partition coefficient (Wildman–Crippen LogP) is 3.45. The van der Waals surface area contributed by atoms with E-state index in [0.717, 1.165) is 18.9 Å². The maximum Gasteiger partial charge on any atom is 0.100 e. The minimum atomic E-state index is -0.179. The molecule has 0 aromatic heterocycles. The minimum Gasteiger partial charge on any atom is -0.367 e. The van der Waals surface area contributed by atoms with E-state index in [1.807, 2.05) is 0 Å². The second-order valence-corrected chi connectivity index (χ2v) is 5.27. The van der Waals surface area contributed by atoms with Crippen molar-refractivity contribution >= 4 is 5.71 Å². The normalized spacial score (nSPS) is 23.1. The number of hydrogen-bond acceptors (Lipinski definition) is 2. The zero-order valence-electron chi connectivity index (χ0n) is 10.8. The summed E-state index contributed by atoms with van der Waals surface area (Å²) in [5.74, 6) is 0.813. The Balaban J connectivity index is 2.65. The molecule has 88 valence electrons. The largest absolute Gasteiger partial charge is 0.367 e. The first-order valence-corrected chi connectivity index (χ1v) is 6.17. The maximum atomic E-state index is 5.94. The quantitative estimate of drug-likeness (QED) is 0.698. The molecule has 0 aromatic carbocycles. The van der Waals surface area contributed by atoms with Crippen molar-refractivity contribution in [3.05, 3.63) is 0 Å². The Labute approximate surface area is 94.1 Å². The molecule has 15 heavy (non-hydrogen) atoms. The first-order valence-electron chi connectivity index (χ1n) is 6.17. The molecule has 1 unspecified atom stereocenters. The van der Waals surface area contributed by atoms with Crippen molar-refractivity contribution in [1.82, 2.24) is 0 Å². The van der Waals surface area contributed by atoms with E-state index < -0.39 is 0 Å². The highest BCUT2D eigenvalue weighted by molar-refractivity contribution is 5.92. The summed E-state index contributed by atoms with van der Waals surface area (Å²) < 4.78 is 5.94. The lowest BCUT2D eigenvalue weighted by atomic mass is 9.86. The molecule has 1 heterocycles. The number of rotatable bonds is 4. The number of hydrogen-bond donors (Lipinski definition) is 0. The number of ether oxygens (including phenoxy) is 1. The average Bonchev–Trinajstić information content (AvgIpc) is 2.16. The van der Waals surface area contributed by atoms with Gasteiger partial charge in [0.2, 0.25) is 0 Å². The van der Waals surface area contributed by atoms with E-state index in [4.69, 9.17) is 4.74 Å². The molecule has 1 aliphatic rings. The Morgan fingerprint density at radius 1 is 1.47 bits per heavy atom. The summed E-state index contributed by atoms with van der Waals surface area (Å²) in [5, 5.41) is 0. The van der Waals surface area contributed by atoms with Crippen LogP contribution in [0.3, 0.4) is 0 Å². The molecular formula is C13H25NO. The number of nitrogens with zero attached hydrogens (tertiary/aromatic N) is 1. The first kappa shape index (κ1) is 12.7. The van der Waals surface area contributed by atoms with Crippen molar-refractivity contribution in [1.29, 1.82) is 0 Å². The minimum absolute atomic E-state index is 0.179. The van der Waals surface area contributed by atoms with Crippen LogP contribution in [0.4, 0.5) is 0 Å². The van der Waals surface area contributed by atoms with Gasteiger partial charge in [-0.05, 0) is 46.5 Å². The second kappa shape index (κ2) is 5.11. The fourth-order valence-electron chi connectivity index (χ4n) is 2.26. The molecule has 0 fully saturated rings. The van der Waals surface area contributed by atoms with Crippen LogP contribution in [0.1, 0.15) is 53.9 Å². The van der Waals surface area contributed by atoms with Crippen molar-refractivity contribution in [2.45, 2.75) is 65.6 Å². The van der Waals surface area contributed by atoms with Gasteiger partial charge in [0.1, 0.15) is 5.60 Å². The SMILES string of the molecule is CCC1CCN=C(C(C)(C)OC(C)C)C1. The Hall–Kier alpha value is -0.370. The molecule has 0 aromatic rings. The molecule has 0 N–H and O–H groups in total. The van der Waals surface area contributed by atoms with Gasteiger partial charge in [-0.2, -0.15) is 0 Å². The zero-order chi connectivity index (χ0) is 11.5. The Kier molecular flexibility index (Phi) is 4.32. The van der Waals surface area contributed by atoms with Crippen LogP contribution in [0, 0.1) is 5.92 Å². The van der Waals surface area contributed by atoms with E-state index in [1.165, 1.54) is 18.6 Å². The van der Waals surface area contributed by atoms with Crippen LogP contribution < -0.4 is 0 Å². The van der Waals surface area contributed by atoms with Crippen molar-refractivity contribution in [3.8, 4) is 0 Å². The standard InChI is InChI=1S/C13H25NO/c1-6-11-7-8-14-12(9-11)13(4,5)15-10(2)3/h10-11H,6-9H2,1-5H3. The van der Waals surface area contributed by atoms with E-state index in [-0.39, 0.29) is 11.7 Å². The van der Waals surface area contributed by atoms with Gasteiger partial charge in [0.15, 0.2) is 0 Å². The molecule has 1 aliphatic heterocycles. The van der Waals surface area contributed by atoms with Gasteiger partial charge in [-0.25, -0.2) is 0 Å². The Morgan fingerprint density at radius 3 is 2.67 bits per heavy atom. The zero-order valence-corrected chi connectivity index (χ0v) is 10.8. The third kappa shape index (κ3) is 3.60. The topological polar surface area (TPSA) is 21.6 Å². The lowest BCUT2D eigenvalue weighted by Crippen LogP contribution is -2.40. The molecule has 0 bridgehead atoms. The first-order chi connectivity index (χ1) is 6.95. The Morgan fingerprint density at radius 2 is 2.13 bits per heavy atom. The number of aliphatic imine (C=N–C) groups is 1. The molecule has 2 nitrogen and oxygen atoms in total. The summed E-state index contributed by atoms with van der Waals surface area (Å²) in [5.41, 5.74) is 1.08. The van der Waals surface area contributed by atoms with Gasteiger partial charge in [-0.3, -0.25) is 4.99 Å². The van der Waals surface area contributed by atoms with Crippen molar-refractivity contribution in [3.63, 3.8) is 0 Å². The highest BCUT2D eigenvalue weighted by atomic mass is 16.5. The lowest BCUT2D eigenvalue weighted by Gasteiger charge is -2.33. The predicted molar refractivity (Wildman–Crippen MR) is 65.6 cm³/mol. The van der Waals surface area contributed by atoms with Gasteiger partial charge < -0.3 is 4.74 Å². The van der Waals surface area contributed by atoms with Crippen LogP contribution in [-0.4, -0.2) is 24.0 Å². The van der Waals surface area contributed by atoms with Crippen molar-refractivity contribution < 1.29 is 4.74 Å². The molecule has 1 atom stereocenters. The maximum absolute atomic E-state index is 5.94. The summed E-state index contributed by atoms with van der Waals surface area (Å²) in [7, 11) is 0. The average molecular weight is 211 g/mol. The van der Waals surface area contributed by atoms with Gasteiger partial charge in [-0.15, -0.1) is 0 Å². The monoisotopic (exact) mass is 211 g/mol. The van der Waals surface area contributed by atoms with E-state index in [0.29, 0.717) is 0 Å². The van der Waals surface area contributed by atoms with Gasteiger partial charge in [0.05, 0.1) is 6.10 Å². The fourth-order valence-corrected chi connectivity index (χ4v) is 2.26. The van der Waals surface area contributed by atoms with Crippen LogP contribution in [0.5, 0.6) is 0 Å². The molecule has 0 aliphatic carbocycles. The third-order valence-electron chi connectivity index (χ3n) is 3.12. The van der Waals surface area contributed by atoms with E-state index >= 15 is 0 Å². The molecule has 0 saturated carbocycles. The fraction of sp³-hybridized carbons (Fsp3) is 0.923. The van der Waals surface area contributed by atoms with E-state index in [1.54, 1.807) is 0 Å². The second-order valence-electron chi connectivity index (χ2n) is 5.27. The van der Waals surface area contributed by atoms with Gasteiger partial charge in [0, 0.05) is 12.3 Å². The van der Waals surface area contributed by atoms with Crippen molar-refractivity contribution in [2.75, 3.05) is 6.54 Å². The molecule has 0 radical (unpaired) electrons. The highest BCUT2D eigenvalue weighted by Gasteiger charge is 2.30. The van der Waals surface area contributed by atoms with Gasteiger partial charge in [0.25, 0.3) is 0 Å². The molecule has 2 heteroatoms. The van der Waals surface area contributed by atoms with E-state index in [9.17, 15) is 0 Å². The van der Waals surface area contributed by atoms with Gasteiger partial charge in [-0.1, -0.05) is 13.3 Å². The van der Waals surface area contributed by atoms with Crippen LogP contribution in [0.15, 0.2) is 4.99 Å². The lowest BCUT2D eigenvalue weighted by molar-refractivity contribution is -0.0117. The summed E-state index contributed by atoms with van der Waals surface area (Å²) in [6.45, 7) is 11.7. The smallest absolute Gasteiger partial charge is 0.100 e. The molecule has 0 saturated heterocycles. The third-order valence-corrected chi connectivity index (χ3v) is 3.12. The van der Waals surface area contributed by atoms with E-state index in [2.05, 4.69) is 39.6 Å². The summed E-state index contributed by atoms with van der Waals surface area (Å²) in [6.07, 6.45) is 3.90. The van der Waals surface area contributed by atoms with Crippen LogP contribution in [0.2, 0.25) is 0 Å². The highest BCUT2D eigenvalue weighted by Crippen LogP contribution is 2.26.